The van der Waals surface area contributed by atoms with Crippen LogP contribution in [0.25, 0.3) is 0 Å². The zero-order valence-corrected chi connectivity index (χ0v) is 11.3. The van der Waals surface area contributed by atoms with Crippen molar-refractivity contribution in [2.75, 3.05) is 0 Å². The fourth-order valence-electron chi connectivity index (χ4n) is 1.92. The molecule has 0 saturated carbocycles. The summed E-state index contributed by atoms with van der Waals surface area (Å²) in [7, 11) is 0. The van der Waals surface area contributed by atoms with Gasteiger partial charge < -0.3 is 11.1 Å². The van der Waals surface area contributed by atoms with Crippen molar-refractivity contribution < 1.29 is 18.0 Å². The first-order chi connectivity index (χ1) is 9.77. The average Bonchev–Trinajstić information content (AvgIpc) is 2.42. The summed E-state index contributed by atoms with van der Waals surface area (Å²) in [5.41, 5.74) is 5.42. The predicted molar refractivity (Wildman–Crippen MR) is 73.3 cm³/mol. The molecule has 0 radical (unpaired) electrons. The average molecular weight is 296 g/mol. The van der Waals surface area contributed by atoms with E-state index in [1.165, 1.54) is 12.1 Å². The Labute approximate surface area is 120 Å². The van der Waals surface area contributed by atoms with Gasteiger partial charge in [-0.25, -0.2) is 0 Å². The Morgan fingerprint density at radius 3 is 2.67 bits per heavy atom. The van der Waals surface area contributed by atoms with E-state index in [1.54, 1.807) is 12.2 Å². The number of alkyl halides is 3. The third-order valence-electron chi connectivity index (χ3n) is 3.27. The molecule has 2 unspecified atom stereocenters. The minimum Gasteiger partial charge on any atom is -0.324 e. The Balaban J connectivity index is 2.15. The normalized spacial score (nSPS) is 21.9. The van der Waals surface area contributed by atoms with Gasteiger partial charge in [-0.05, 0) is 36.3 Å². The Hall–Kier alpha value is -2.08. The molecule has 6 heteroatoms. The maximum atomic E-state index is 12.6. The Morgan fingerprint density at radius 2 is 2.05 bits per heavy atom. The Morgan fingerprint density at radius 1 is 1.33 bits per heavy atom. The van der Waals surface area contributed by atoms with Crippen LogP contribution in [0.5, 0.6) is 0 Å². The molecule has 0 bridgehead atoms. The maximum Gasteiger partial charge on any atom is 0.416 e. The van der Waals surface area contributed by atoms with Crippen LogP contribution in [0.15, 0.2) is 48.2 Å². The SMILES string of the molecule is CC1C=CC(NC(=O)c2cccc(C(F)(F)F)c2)=CC1N. The molecule has 1 aromatic rings. The summed E-state index contributed by atoms with van der Waals surface area (Å²) in [6.45, 7) is 1.93. The van der Waals surface area contributed by atoms with Crippen LogP contribution in [0.2, 0.25) is 0 Å². The Kier molecular flexibility index (Phi) is 4.18. The molecular formula is C15H15F3N2O. The molecule has 0 heterocycles. The van der Waals surface area contributed by atoms with Crippen LogP contribution in [0.3, 0.4) is 0 Å². The molecule has 1 amide bonds. The number of halogens is 3. The van der Waals surface area contributed by atoms with E-state index in [0.29, 0.717) is 5.70 Å². The van der Waals surface area contributed by atoms with E-state index in [4.69, 9.17) is 5.73 Å². The third kappa shape index (κ3) is 3.72. The summed E-state index contributed by atoms with van der Waals surface area (Å²) in [5.74, 6) is -0.446. The van der Waals surface area contributed by atoms with Gasteiger partial charge in [0.1, 0.15) is 0 Å². The molecule has 3 nitrogen and oxygen atoms in total. The predicted octanol–water partition coefficient (Wildman–Crippen LogP) is 2.85. The smallest absolute Gasteiger partial charge is 0.324 e. The van der Waals surface area contributed by atoms with Gasteiger partial charge in [0.15, 0.2) is 0 Å². The zero-order chi connectivity index (χ0) is 15.6. The van der Waals surface area contributed by atoms with Crippen molar-refractivity contribution in [1.29, 1.82) is 0 Å². The Bertz CT molecular complexity index is 605. The molecule has 0 spiro atoms. The number of nitrogens with one attached hydrogen (secondary N) is 1. The fraction of sp³-hybridized carbons (Fsp3) is 0.267. The summed E-state index contributed by atoms with van der Waals surface area (Å²) in [4.78, 5) is 12.0. The lowest BCUT2D eigenvalue weighted by molar-refractivity contribution is -0.137. The van der Waals surface area contributed by atoms with E-state index >= 15 is 0 Å². The monoisotopic (exact) mass is 296 g/mol. The molecule has 1 aliphatic carbocycles. The second kappa shape index (κ2) is 5.73. The van der Waals surface area contributed by atoms with Crippen molar-refractivity contribution >= 4 is 5.91 Å². The highest BCUT2D eigenvalue weighted by Crippen LogP contribution is 2.29. The molecule has 2 atom stereocenters. The van der Waals surface area contributed by atoms with Crippen LogP contribution in [-0.4, -0.2) is 11.9 Å². The molecule has 0 fully saturated rings. The van der Waals surface area contributed by atoms with Crippen molar-refractivity contribution in [2.45, 2.75) is 19.1 Å². The summed E-state index contributed by atoms with van der Waals surface area (Å²) in [6.07, 6.45) is 0.736. The second-order valence-electron chi connectivity index (χ2n) is 4.95. The fourth-order valence-corrected chi connectivity index (χ4v) is 1.92. The van der Waals surface area contributed by atoms with Gasteiger partial charge in [-0.3, -0.25) is 4.79 Å². The minimum atomic E-state index is -4.47. The van der Waals surface area contributed by atoms with E-state index in [2.05, 4.69) is 5.32 Å². The van der Waals surface area contributed by atoms with Crippen LogP contribution >= 0.6 is 0 Å². The molecule has 0 aliphatic heterocycles. The quantitative estimate of drug-likeness (QED) is 0.881. The first-order valence-electron chi connectivity index (χ1n) is 6.41. The molecule has 1 aromatic carbocycles. The van der Waals surface area contributed by atoms with Gasteiger partial charge in [0, 0.05) is 17.3 Å². The summed E-state index contributed by atoms with van der Waals surface area (Å²) in [6, 6.07) is 4.06. The van der Waals surface area contributed by atoms with Crippen LogP contribution in [0.1, 0.15) is 22.8 Å². The van der Waals surface area contributed by atoms with Crippen molar-refractivity contribution in [3.05, 3.63) is 59.3 Å². The number of nitrogens with two attached hydrogens (primary N) is 1. The second-order valence-corrected chi connectivity index (χ2v) is 4.95. The summed E-state index contributed by atoms with van der Waals surface area (Å²) < 4.78 is 37.8. The van der Waals surface area contributed by atoms with Crippen molar-refractivity contribution in [3.8, 4) is 0 Å². The first kappa shape index (κ1) is 15.3. The van der Waals surface area contributed by atoms with Crippen molar-refractivity contribution in [3.63, 3.8) is 0 Å². The van der Waals surface area contributed by atoms with Gasteiger partial charge in [0.05, 0.1) is 5.56 Å². The van der Waals surface area contributed by atoms with Gasteiger partial charge in [-0.2, -0.15) is 13.2 Å². The topological polar surface area (TPSA) is 55.1 Å². The molecule has 0 saturated heterocycles. The van der Waals surface area contributed by atoms with Gasteiger partial charge in [0.25, 0.3) is 5.91 Å². The lowest BCUT2D eigenvalue weighted by Gasteiger charge is -2.19. The number of hydrogen-bond donors (Lipinski definition) is 2. The van der Waals surface area contributed by atoms with Crippen LogP contribution in [-0.2, 0) is 6.18 Å². The van der Waals surface area contributed by atoms with Gasteiger partial charge in [-0.1, -0.05) is 19.1 Å². The highest BCUT2D eigenvalue weighted by Gasteiger charge is 2.30. The standard InChI is InChI=1S/C15H15F3N2O/c1-9-5-6-12(8-13(9)19)20-14(21)10-3-2-4-11(7-10)15(16,17)18/h2-9,13H,19H2,1H3,(H,20,21). The van der Waals surface area contributed by atoms with Crippen molar-refractivity contribution in [2.24, 2.45) is 11.7 Å². The number of carbonyl (C=O) groups excluding carboxylic acids is 1. The molecule has 112 valence electrons. The zero-order valence-electron chi connectivity index (χ0n) is 11.3. The summed E-state index contributed by atoms with van der Waals surface area (Å²) >= 11 is 0. The van der Waals surface area contributed by atoms with Gasteiger partial charge >= 0.3 is 6.18 Å². The molecule has 2 rings (SSSR count). The maximum absolute atomic E-state index is 12.6. The number of benzene rings is 1. The van der Waals surface area contributed by atoms with E-state index in [-0.39, 0.29) is 17.5 Å². The minimum absolute atomic E-state index is 0.0497. The molecule has 3 N–H and O–H groups in total. The van der Waals surface area contributed by atoms with E-state index in [0.717, 1.165) is 12.1 Å². The lowest BCUT2D eigenvalue weighted by atomic mass is 9.96. The van der Waals surface area contributed by atoms with Gasteiger partial charge in [0.2, 0.25) is 0 Å². The van der Waals surface area contributed by atoms with Crippen LogP contribution < -0.4 is 11.1 Å². The third-order valence-corrected chi connectivity index (χ3v) is 3.27. The number of carbonyl (C=O) groups is 1. The highest BCUT2D eigenvalue weighted by atomic mass is 19.4. The first-order valence-corrected chi connectivity index (χ1v) is 6.41. The van der Waals surface area contributed by atoms with Gasteiger partial charge in [-0.15, -0.1) is 0 Å². The molecule has 1 aliphatic rings. The highest BCUT2D eigenvalue weighted by molar-refractivity contribution is 5.95. The molecule has 21 heavy (non-hydrogen) atoms. The number of rotatable bonds is 2. The molecule has 0 aromatic heterocycles. The molecular weight excluding hydrogens is 281 g/mol. The largest absolute Gasteiger partial charge is 0.416 e. The number of allylic oxidation sites excluding steroid dienone is 1. The van der Waals surface area contributed by atoms with E-state index in [1.807, 2.05) is 13.0 Å². The van der Waals surface area contributed by atoms with E-state index < -0.39 is 17.6 Å². The number of amides is 1. The van der Waals surface area contributed by atoms with Crippen LogP contribution in [0.4, 0.5) is 13.2 Å². The van der Waals surface area contributed by atoms with E-state index in [9.17, 15) is 18.0 Å². The summed E-state index contributed by atoms with van der Waals surface area (Å²) in [5, 5.41) is 2.55. The number of hydrogen-bond acceptors (Lipinski definition) is 2. The van der Waals surface area contributed by atoms with Crippen molar-refractivity contribution in [1.82, 2.24) is 5.32 Å². The van der Waals surface area contributed by atoms with Crippen LogP contribution in [0, 0.1) is 5.92 Å². The lowest BCUT2D eigenvalue weighted by Crippen LogP contribution is -2.31.